The quantitative estimate of drug-likeness (QED) is 0.849. The Morgan fingerprint density at radius 3 is 2.84 bits per heavy atom. The Morgan fingerprint density at radius 1 is 1.47 bits per heavy atom. The van der Waals surface area contributed by atoms with Crippen LogP contribution in [0.1, 0.15) is 43.3 Å². The van der Waals surface area contributed by atoms with Gasteiger partial charge >= 0.3 is 0 Å². The van der Waals surface area contributed by atoms with Gasteiger partial charge in [0.05, 0.1) is 17.4 Å². The number of nitrogens with one attached hydrogen (secondary N) is 1. The zero-order chi connectivity index (χ0) is 13.8. The molecule has 1 unspecified atom stereocenters. The number of nitrogen functional groups attached to an aromatic ring is 1. The molecule has 0 amide bonds. The molecule has 3 N–H and O–H groups in total. The summed E-state index contributed by atoms with van der Waals surface area (Å²) in [6.07, 6.45) is 3.01. The molecule has 2 aromatic rings. The molecule has 4 nitrogen and oxygen atoms in total. The molecule has 0 saturated carbocycles. The summed E-state index contributed by atoms with van der Waals surface area (Å²) in [6, 6.07) is 4.54. The number of rotatable bonds is 6. The van der Waals surface area contributed by atoms with Crippen LogP contribution in [0.2, 0.25) is 0 Å². The average Bonchev–Trinajstić information content (AvgIpc) is 2.99. The van der Waals surface area contributed by atoms with Crippen LogP contribution in [0.3, 0.4) is 0 Å². The van der Waals surface area contributed by atoms with E-state index >= 15 is 0 Å². The SMILES string of the molecule is CCCc1nn(C)c(NC(CC)c2cccs2)c1N. The second-order valence-corrected chi connectivity index (χ2v) is 5.68. The van der Waals surface area contributed by atoms with Gasteiger partial charge < -0.3 is 11.1 Å². The van der Waals surface area contributed by atoms with Crippen LogP contribution in [0.5, 0.6) is 0 Å². The van der Waals surface area contributed by atoms with Crippen molar-refractivity contribution >= 4 is 22.8 Å². The van der Waals surface area contributed by atoms with E-state index < -0.39 is 0 Å². The minimum absolute atomic E-state index is 0.298. The zero-order valence-corrected chi connectivity index (χ0v) is 12.6. The highest BCUT2D eigenvalue weighted by molar-refractivity contribution is 7.10. The Morgan fingerprint density at radius 2 is 2.26 bits per heavy atom. The first kappa shape index (κ1) is 13.9. The van der Waals surface area contributed by atoms with Gasteiger partial charge in [-0.3, -0.25) is 4.68 Å². The van der Waals surface area contributed by atoms with Gasteiger partial charge in [-0.15, -0.1) is 11.3 Å². The second kappa shape index (κ2) is 6.10. The summed E-state index contributed by atoms with van der Waals surface area (Å²) in [4.78, 5) is 1.33. The molecular weight excluding hydrogens is 256 g/mol. The predicted molar refractivity (Wildman–Crippen MR) is 82.6 cm³/mol. The van der Waals surface area contributed by atoms with Crippen molar-refractivity contribution in [2.45, 2.75) is 39.2 Å². The van der Waals surface area contributed by atoms with Crippen molar-refractivity contribution in [3.05, 3.63) is 28.1 Å². The van der Waals surface area contributed by atoms with Crippen LogP contribution < -0.4 is 11.1 Å². The van der Waals surface area contributed by atoms with Gasteiger partial charge in [0.1, 0.15) is 5.82 Å². The van der Waals surface area contributed by atoms with E-state index in [4.69, 9.17) is 5.73 Å². The van der Waals surface area contributed by atoms with E-state index in [0.29, 0.717) is 6.04 Å². The molecule has 0 radical (unpaired) electrons. The molecule has 2 heterocycles. The van der Waals surface area contributed by atoms with Crippen LogP contribution in [0.25, 0.3) is 0 Å². The summed E-state index contributed by atoms with van der Waals surface area (Å²) in [5.74, 6) is 0.934. The lowest BCUT2D eigenvalue weighted by Crippen LogP contribution is -2.12. The van der Waals surface area contributed by atoms with Crippen molar-refractivity contribution in [1.29, 1.82) is 0 Å². The van der Waals surface area contributed by atoms with Gasteiger partial charge in [-0.25, -0.2) is 0 Å². The Kier molecular flexibility index (Phi) is 4.47. The summed E-state index contributed by atoms with van der Waals surface area (Å²) < 4.78 is 1.86. The summed E-state index contributed by atoms with van der Waals surface area (Å²) in [6.45, 7) is 4.32. The molecule has 2 rings (SSSR count). The highest BCUT2D eigenvalue weighted by atomic mass is 32.1. The summed E-state index contributed by atoms with van der Waals surface area (Å²) in [5.41, 5.74) is 7.99. The number of hydrogen-bond acceptors (Lipinski definition) is 4. The Hall–Kier alpha value is -1.49. The minimum Gasteiger partial charge on any atom is -0.394 e. The Labute approximate surface area is 118 Å². The van der Waals surface area contributed by atoms with Gasteiger partial charge in [0.15, 0.2) is 0 Å². The average molecular weight is 278 g/mol. The third kappa shape index (κ3) is 2.92. The zero-order valence-electron chi connectivity index (χ0n) is 11.8. The maximum Gasteiger partial charge on any atom is 0.148 e. The Balaban J connectivity index is 2.22. The molecule has 0 aliphatic heterocycles. The summed E-state index contributed by atoms with van der Waals surface area (Å²) in [5, 5.41) is 10.1. The Bertz CT molecular complexity index is 516. The number of hydrogen-bond donors (Lipinski definition) is 2. The molecule has 0 saturated heterocycles. The molecular formula is C14H22N4S. The highest BCUT2D eigenvalue weighted by Crippen LogP contribution is 2.30. The maximum absolute atomic E-state index is 6.20. The number of nitrogens with two attached hydrogens (primary N) is 1. The molecule has 0 aromatic carbocycles. The molecule has 0 aliphatic rings. The van der Waals surface area contributed by atoms with Crippen LogP contribution in [0.4, 0.5) is 11.5 Å². The normalized spacial score (nSPS) is 12.6. The fourth-order valence-electron chi connectivity index (χ4n) is 2.22. The van der Waals surface area contributed by atoms with E-state index in [1.54, 1.807) is 11.3 Å². The first-order valence-electron chi connectivity index (χ1n) is 6.78. The van der Waals surface area contributed by atoms with Gasteiger partial charge in [0.2, 0.25) is 0 Å². The fraction of sp³-hybridized carbons (Fsp3) is 0.500. The number of thiophene rings is 1. The minimum atomic E-state index is 0.298. The van der Waals surface area contributed by atoms with E-state index in [1.165, 1.54) is 4.88 Å². The van der Waals surface area contributed by atoms with E-state index in [2.05, 4.69) is 41.8 Å². The second-order valence-electron chi connectivity index (χ2n) is 4.70. The van der Waals surface area contributed by atoms with E-state index in [9.17, 15) is 0 Å². The molecule has 0 bridgehead atoms. The smallest absolute Gasteiger partial charge is 0.148 e. The molecule has 0 spiro atoms. The van der Waals surface area contributed by atoms with Crippen molar-refractivity contribution < 1.29 is 0 Å². The van der Waals surface area contributed by atoms with Crippen LogP contribution in [0.15, 0.2) is 17.5 Å². The van der Waals surface area contributed by atoms with E-state index in [0.717, 1.165) is 36.5 Å². The first-order chi connectivity index (χ1) is 9.17. The molecule has 1 atom stereocenters. The monoisotopic (exact) mass is 278 g/mol. The van der Waals surface area contributed by atoms with Crippen LogP contribution in [-0.4, -0.2) is 9.78 Å². The van der Waals surface area contributed by atoms with Gasteiger partial charge in [-0.2, -0.15) is 5.10 Å². The topological polar surface area (TPSA) is 55.9 Å². The molecule has 0 aliphatic carbocycles. The van der Waals surface area contributed by atoms with Crippen LogP contribution in [-0.2, 0) is 13.5 Å². The lowest BCUT2D eigenvalue weighted by atomic mass is 10.2. The molecule has 0 fully saturated rings. The third-order valence-electron chi connectivity index (χ3n) is 3.25. The molecule has 5 heteroatoms. The van der Waals surface area contributed by atoms with Crippen molar-refractivity contribution in [3.8, 4) is 0 Å². The molecule has 104 valence electrons. The number of anilines is 2. The molecule has 2 aromatic heterocycles. The maximum atomic E-state index is 6.20. The van der Waals surface area contributed by atoms with Crippen LogP contribution >= 0.6 is 11.3 Å². The number of nitrogens with zero attached hydrogens (tertiary/aromatic N) is 2. The lowest BCUT2D eigenvalue weighted by molar-refractivity contribution is 0.704. The van der Waals surface area contributed by atoms with Gasteiger partial charge in [-0.05, 0) is 24.3 Å². The van der Waals surface area contributed by atoms with Crippen molar-refractivity contribution in [1.82, 2.24) is 9.78 Å². The predicted octanol–water partition coefficient (Wildman–Crippen LogP) is 3.58. The highest BCUT2D eigenvalue weighted by Gasteiger charge is 2.17. The van der Waals surface area contributed by atoms with Crippen molar-refractivity contribution in [2.75, 3.05) is 11.1 Å². The fourth-order valence-corrected chi connectivity index (χ4v) is 3.08. The first-order valence-corrected chi connectivity index (χ1v) is 7.66. The lowest BCUT2D eigenvalue weighted by Gasteiger charge is -2.17. The summed E-state index contributed by atoms with van der Waals surface area (Å²) in [7, 11) is 1.94. The number of aromatic nitrogens is 2. The standard InChI is InChI=1S/C14H22N4S/c1-4-7-11-13(15)14(18(3)17-11)16-10(5-2)12-8-6-9-19-12/h6,8-10,16H,4-5,7,15H2,1-3H3. The van der Waals surface area contributed by atoms with E-state index in [1.807, 2.05) is 11.7 Å². The van der Waals surface area contributed by atoms with Crippen LogP contribution in [0, 0.1) is 0 Å². The third-order valence-corrected chi connectivity index (χ3v) is 4.24. The van der Waals surface area contributed by atoms with E-state index in [-0.39, 0.29) is 0 Å². The van der Waals surface area contributed by atoms with Gasteiger partial charge in [0, 0.05) is 11.9 Å². The van der Waals surface area contributed by atoms with Gasteiger partial charge in [-0.1, -0.05) is 26.3 Å². The number of aryl methyl sites for hydroxylation is 2. The van der Waals surface area contributed by atoms with Crippen molar-refractivity contribution in [2.24, 2.45) is 7.05 Å². The van der Waals surface area contributed by atoms with Crippen molar-refractivity contribution in [3.63, 3.8) is 0 Å². The molecule has 19 heavy (non-hydrogen) atoms. The summed E-state index contributed by atoms with van der Waals surface area (Å²) >= 11 is 1.77. The van der Waals surface area contributed by atoms with Gasteiger partial charge in [0.25, 0.3) is 0 Å². The largest absolute Gasteiger partial charge is 0.394 e.